The number of carbonyl (C=O) groups is 1. The van der Waals surface area contributed by atoms with Crippen LogP contribution in [-0.2, 0) is 4.79 Å². The summed E-state index contributed by atoms with van der Waals surface area (Å²) in [4.78, 5) is 12.6. The third-order valence-electron chi connectivity index (χ3n) is 4.12. The van der Waals surface area contributed by atoms with Crippen molar-refractivity contribution in [1.29, 1.82) is 0 Å². The highest BCUT2D eigenvalue weighted by atomic mass is 16.5. The van der Waals surface area contributed by atoms with Gasteiger partial charge in [0.25, 0.3) is 0 Å². The Morgan fingerprint density at radius 2 is 1.25 bits per heavy atom. The van der Waals surface area contributed by atoms with Gasteiger partial charge >= 0.3 is 0 Å². The molecule has 0 amide bonds. The molecule has 1 saturated carbocycles. The number of Topliss-reactive ketones (excluding diaryl/α,β-unsaturated/α-hetero) is 1. The number of hydrogen-bond donors (Lipinski definition) is 0. The van der Waals surface area contributed by atoms with E-state index in [-0.39, 0.29) is 5.78 Å². The molecule has 1 aliphatic carbocycles. The van der Waals surface area contributed by atoms with Crippen molar-refractivity contribution in [3.8, 4) is 11.5 Å². The van der Waals surface area contributed by atoms with Crippen molar-refractivity contribution in [2.75, 3.05) is 14.2 Å². The molecule has 0 N–H and O–H groups in total. The molecule has 1 aliphatic rings. The largest absolute Gasteiger partial charge is 0.497 e. The second-order valence-corrected chi connectivity index (χ2v) is 5.72. The third-order valence-corrected chi connectivity index (χ3v) is 4.12. The summed E-state index contributed by atoms with van der Waals surface area (Å²) in [6.07, 6.45) is 5.45. The molecule has 3 nitrogen and oxygen atoms in total. The van der Waals surface area contributed by atoms with E-state index in [4.69, 9.17) is 9.47 Å². The van der Waals surface area contributed by atoms with E-state index >= 15 is 0 Å². The zero-order valence-electron chi connectivity index (χ0n) is 13.9. The van der Waals surface area contributed by atoms with Crippen molar-refractivity contribution >= 4 is 17.9 Å². The Morgan fingerprint density at radius 3 is 1.67 bits per heavy atom. The van der Waals surface area contributed by atoms with Gasteiger partial charge < -0.3 is 9.47 Å². The van der Waals surface area contributed by atoms with E-state index in [1.807, 2.05) is 60.7 Å². The molecule has 0 unspecified atom stereocenters. The fourth-order valence-corrected chi connectivity index (χ4v) is 2.84. The van der Waals surface area contributed by atoms with Crippen LogP contribution in [0.3, 0.4) is 0 Å². The van der Waals surface area contributed by atoms with Gasteiger partial charge in [-0.3, -0.25) is 4.79 Å². The summed E-state index contributed by atoms with van der Waals surface area (Å²) in [6, 6.07) is 15.5. The molecule has 1 fully saturated rings. The number of benzene rings is 2. The molecule has 0 heterocycles. The van der Waals surface area contributed by atoms with Crippen molar-refractivity contribution in [1.82, 2.24) is 0 Å². The topological polar surface area (TPSA) is 35.5 Å². The Hall–Kier alpha value is -2.81. The van der Waals surface area contributed by atoms with Gasteiger partial charge in [0.05, 0.1) is 14.2 Å². The van der Waals surface area contributed by atoms with Crippen LogP contribution in [0.4, 0.5) is 0 Å². The summed E-state index contributed by atoms with van der Waals surface area (Å²) in [6.45, 7) is 0. The van der Waals surface area contributed by atoms with Crippen LogP contribution < -0.4 is 9.47 Å². The Kier molecular flexibility index (Phi) is 4.80. The summed E-state index contributed by atoms with van der Waals surface area (Å²) in [7, 11) is 3.28. The molecule has 2 aromatic rings. The molecule has 0 aromatic heterocycles. The van der Waals surface area contributed by atoms with Gasteiger partial charge in [-0.05, 0) is 60.4 Å². The zero-order chi connectivity index (χ0) is 16.9. The lowest BCUT2D eigenvalue weighted by Gasteiger charge is -2.02. The van der Waals surface area contributed by atoms with Crippen molar-refractivity contribution in [3.63, 3.8) is 0 Å². The summed E-state index contributed by atoms with van der Waals surface area (Å²) in [5.41, 5.74) is 3.66. The maximum atomic E-state index is 12.6. The molecule has 0 spiro atoms. The molecular weight excluding hydrogens is 300 g/mol. The lowest BCUT2D eigenvalue weighted by molar-refractivity contribution is -0.111. The van der Waals surface area contributed by atoms with Crippen LogP contribution >= 0.6 is 0 Å². The number of hydrogen-bond acceptors (Lipinski definition) is 3. The van der Waals surface area contributed by atoms with Crippen molar-refractivity contribution < 1.29 is 14.3 Å². The Labute approximate surface area is 142 Å². The maximum absolute atomic E-state index is 12.6. The third kappa shape index (κ3) is 3.57. The van der Waals surface area contributed by atoms with Gasteiger partial charge in [0.1, 0.15) is 11.5 Å². The average molecular weight is 320 g/mol. The van der Waals surface area contributed by atoms with Gasteiger partial charge in [0.2, 0.25) is 0 Å². The predicted molar refractivity (Wildman–Crippen MR) is 96.2 cm³/mol. The minimum absolute atomic E-state index is 0.126. The number of allylic oxidation sites excluding steroid dienone is 2. The molecule has 3 rings (SSSR count). The summed E-state index contributed by atoms with van der Waals surface area (Å²) < 4.78 is 10.5. The normalized spacial score (nSPS) is 17.5. The van der Waals surface area contributed by atoms with E-state index in [1.165, 1.54) is 0 Å². The smallest absolute Gasteiger partial charge is 0.185 e. The van der Waals surface area contributed by atoms with Crippen molar-refractivity contribution in [3.05, 3.63) is 70.8 Å². The monoisotopic (exact) mass is 320 g/mol. The second-order valence-electron chi connectivity index (χ2n) is 5.72. The Balaban J connectivity index is 1.83. The minimum atomic E-state index is 0.126. The molecule has 122 valence electrons. The molecule has 24 heavy (non-hydrogen) atoms. The molecule has 0 saturated heterocycles. The second kappa shape index (κ2) is 7.18. The van der Waals surface area contributed by atoms with Crippen molar-refractivity contribution in [2.24, 2.45) is 0 Å². The van der Waals surface area contributed by atoms with Crippen LogP contribution in [0.5, 0.6) is 11.5 Å². The fourth-order valence-electron chi connectivity index (χ4n) is 2.84. The van der Waals surface area contributed by atoms with Gasteiger partial charge in [-0.15, -0.1) is 0 Å². The first-order chi connectivity index (χ1) is 11.7. The lowest BCUT2D eigenvalue weighted by atomic mass is 10.1. The average Bonchev–Trinajstić information content (AvgIpc) is 2.95. The molecular formula is C21H20O3. The highest BCUT2D eigenvalue weighted by Gasteiger charge is 2.22. The molecule has 3 heteroatoms. The van der Waals surface area contributed by atoms with E-state index in [9.17, 15) is 4.79 Å². The lowest BCUT2D eigenvalue weighted by Crippen LogP contribution is -1.95. The highest BCUT2D eigenvalue weighted by molar-refractivity contribution is 6.15. The minimum Gasteiger partial charge on any atom is -0.497 e. The first kappa shape index (κ1) is 16.1. The Bertz CT molecular complexity index is 748. The van der Waals surface area contributed by atoms with Gasteiger partial charge in [0.15, 0.2) is 5.78 Å². The summed E-state index contributed by atoms with van der Waals surface area (Å²) >= 11 is 0. The van der Waals surface area contributed by atoms with Gasteiger partial charge in [-0.25, -0.2) is 0 Å². The van der Waals surface area contributed by atoms with Crippen LogP contribution in [0.2, 0.25) is 0 Å². The molecule has 2 aromatic carbocycles. The number of methoxy groups -OCH3 is 2. The predicted octanol–water partition coefficient (Wildman–Crippen LogP) is 4.53. The van der Waals surface area contributed by atoms with E-state index in [0.717, 1.165) is 46.6 Å². The van der Waals surface area contributed by atoms with Crippen LogP contribution in [0.25, 0.3) is 12.2 Å². The molecule has 0 radical (unpaired) electrons. The van der Waals surface area contributed by atoms with Gasteiger partial charge in [0, 0.05) is 11.1 Å². The number of carbonyl (C=O) groups excluding carboxylic acids is 1. The zero-order valence-corrected chi connectivity index (χ0v) is 13.9. The molecule has 0 atom stereocenters. The highest BCUT2D eigenvalue weighted by Crippen LogP contribution is 2.30. The summed E-state index contributed by atoms with van der Waals surface area (Å²) in [5, 5.41) is 0. The van der Waals surface area contributed by atoms with Gasteiger partial charge in [-0.1, -0.05) is 24.3 Å². The summed E-state index contributed by atoms with van der Waals surface area (Å²) in [5.74, 6) is 1.71. The van der Waals surface area contributed by atoms with Crippen LogP contribution in [0, 0.1) is 0 Å². The molecule has 0 aliphatic heterocycles. The number of rotatable bonds is 4. The van der Waals surface area contributed by atoms with Crippen LogP contribution in [0.15, 0.2) is 59.7 Å². The van der Waals surface area contributed by atoms with E-state index in [0.29, 0.717) is 0 Å². The Morgan fingerprint density at radius 1 is 0.792 bits per heavy atom. The fraction of sp³-hybridized carbons (Fsp3) is 0.190. The maximum Gasteiger partial charge on any atom is 0.185 e. The van der Waals surface area contributed by atoms with Gasteiger partial charge in [-0.2, -0.15) is 0 Å². The first-order valence-electron chi connectivity index (χ1n) is 7.93. The first-order valence-corrected chi connectivity index (χ1v) is 7.93. The SMILES string of the molecule is COc1cccc(/C=C2\CC/C(=C\c3cccc(OC)c3)C2=O)c1. The number of ether oxygens (including phenoxy) is 2. The van der Waals surface area contributed by atoms with Crippen molar-refractivity contribution in [2.45, 2.75) is 12.8 Å². The van der Waals surface area contributed by atoms with Crippen LogP contribution in [0.1, 0.15) is 24.0 Å². The van der Waals surface area contributed by atoms with E-state index in [2.05, 4.69) is 0 Å². The number of ketones is 1. The quantitative estimate of drug-likeness (QED) is 0.776. The van der Waals surface area contributed by atoms with E-state index in [1.54, 1.807) is 14.2 Å². The van der Waals surface area contributed by atoms with Crippen LogP contribution in [-0.4, -0.2) is 20.0 Å². The van der Waals surface area contributed by atoms with E-state index < -0.39 is 0 Å². The molecule has 0 bridgehead atoms. The standard InChI is InChI=1S/C21H20O3/c1-23-19-7-3-5-15(13-19)11-17-9-10-18(21(17)22)12-16-6-4-8-20(14-16)24-2/h3-8,11-14H,9-10H2,1-2H3/b17-11+,18-12+.